The third-order valence-electron chi connectivity index (χ3n) is 4.74. The van der Waals surface area contributed by atoms with Gasteiger partial charge in [-0.25, -0.2) is 0 Å². The van der Waals surface area contributed by atoms with Gasteiger partial charge in [-0.3, -0.25) is 4.79 Å². The van der Waals surface area contributed by atoms with Gasteiger partial charge in [-0.15, -0.1) is 0 Å². The third kappa shape index (κ3) is 4.32. The molecule has 2 aromatic carbocycles. The van der Waals surface area contributed by atoms with Gasteiger partial charge in [0.2, 0.25) is 0 Å². The highest BCUT2D eigenvalue weighted by Crippen LogP contribution is 2.35. The Labute approximate surface area is 149 Å². The van der Waals surface area contributed by atoms with Gasteiger partial charge in [-0.05, 0) is 49.9 Å². The molecule has 4 nitrogen and oxygen atoms in total. The lowest BCUT2D eigenvalue weighted by Crippen LogP contribution is -2.44. The Bertz CT molecular complexity index is 730. The lowest BCUT2D eigenvalue weighted by atomic mass is 9.92. The lowest BCUT2D eigenvalue weighted by Gasteiger charge is -2.37. The molecule has 0 bridgehead atoms. The molecule has 0 aliphatic carbocycles. The van der Waals surface area contributed by atoms with Crippen molar-refractivity contribution < 1.29 is 9.53 Å². The fraction of sp³-hybridized carbons (Fsp3) is 0.381. The molecule has 0 aromatic heterocycles. The number of amides is 1. The summed E-state index contributed by atoms with van der Waals surface area (Å²) in [5.74, 6) is 0.731. The number of benzene rings is 2. The number of ether oxygens (including phenoxy) is 1. The average Bonchev–Trinajstić information content (AvgIpc) is 2.65. The van der Waals surface area contributed by atoms with Crippen LogP contribution in [0.5, 0.6) is 5.75 Å². The van der Waals surface area contributed by atoms with Crippen LogP contribution in [-0.2, 0) is 6.42 Å². The van der Waals surface area contributed by atoms with Crippen molar-refractivity contribution in [3.8, 4) is 5.75 Å². The van der Waals surface area contributed by atoms with E-state index in [-0.39, 0.29) is 11.4 Å². The van der Waals surface area contributed by atoms with Crippen LogP contribution in [0.3, 0.4) is 0 Å². The Morgan fingerprint density at radius 2 is 2.00 bits per heavy atom. The molecule has 1 aliphatic rings. The van der Waals surface area contributed by atoms with Crippen LogP contribution in [0.2, 0.25) is 0 Å². The zero-order valence-electron chi connectivity index (χ0n) is 15.0. The summed E-state index contributed by atoms with van der Waals surface area (Å²) in [6, 6.07) is 16.1. The first-order chi connectivity index (χ1) is 12.1. The maximum Gasteiger partial charge on any atom is 0.251 e. The number of nitrogens with one attached hydrogen (secondary N) is 2. The van der Waals surface area contributed by atoms with Gasteiger partial charge < -0.3 is 15.4 Å². The van der Waals surface area contributed by atoms with Crippen LogP contribution in [0.25, 0.3) is 0 Å². The highest BCUT2D eigenvalue weighted by molar-refractivity contribution is 5.95. The van der Waals surface area contributed by atoms with Gasteiger partial charge in [0.05, 0.1) is 11.2 Å². The Morgan fingerprint density at radius 1 is 1.20 bits per heavy atom. The van der Waals surface area contributed by atoms with Gasteiger partial charge in [0, 0.05) is 12.6 Å². The molecule has 3 rings (SSSR count). The number of carbonyl (C=O) groups excluding carboxylic acids is 1. The van der Waals surface area contributed by atoms with E-state index in [9.17, 15) is 4.79 Å². The van der Waals surface area contributed by atoms with Crippen molar-refractivity contribution >= 4 is 11.6 Å². The van der Waals surface area contributed by atoms with Gasteiger partial charge in [-0.2, -0.15) is 0 Å². The largest absolute Gasteiger partial charge is 0.489 e. The molecule has 4 heteroatoms. The van der Waals surface area contributed by atoms with E-state index in [0.29, 0.717) is 12.2 Å². The van der Waals surface area contributed by atoms with Crippen LogP contribution in [-0.4, -0.2) is 25.1 Å². The normalized spacial score (nSPS) is 18.6. The van der Waals surface area contributed by atoms with Gasteiger partial charge in [-0.1, -0.05) is 36.8 Å². The number of rotatable bonds is 6. The van der Waals surface area contributed by atoms with Crippen LogP contribution in [0, 0.1) is 0 Å². The van der Waals surface area contributed by atoms with Gasteiger partial charge in [0.15, 0.2) is 0 Å². The fourth-order valence-corrected chi connectivity index (χ4v) is 3.26. The molecule has 0 saturated heterocycles. The first kappa shape index (κ1) is 17.3. The van der Waals surface area contributed by atoms with E-state index in [4.69, 9.17) is 4.74 Å². The minimum atomic E-state index is -0.106. The minimum Gasteiger partial charge on any atom is -0.489 e. The summed E-state index contributed by atoms with van der Waals surface area (Å²) in [6.07, 6.45) is 4.43. The van der Waals surface area contributed by atoms with Crippen molar-refractivity contribution in [1.82, 2.24) is 5.32 Å². The van der Waals surface area contributed by atoms with Crippen LogP contribution in [0.15, 0.2) is 48.5 Å². The Morgan fingerprint density at radius 3 is 2.76 bits per heavy atom. The summed E-state index contributed by atoms with van der Waals surface area (Å²) in [7, 11) is 1.64. The lowest BCUT2D eigenvalue weighted by molar-refractivity contribution is 0.0963. The van der Waals surface area contributed by atoms with Crippen molar-refractivity contribution in [2.45, 2.75) is 38.1 Å². The second-order valence-corrected chi connectivity index (χ2v) is 6.96. The van der Waals surface area contributed by atoms with E-state index >= 15 is 0 Å². The van der Waals surface area contributed by atoms with E-state index in [1.54, 1.807) is 13.1 Å². The standard InChI is InChI=1S/C21H26N2O2/c1-21(13-7-6-10-16-8-4-3-5-9-16)15-25-19-12-11-17(20(24)22-2)14-18(19)23-21/h3-5,8-9,11-12,14,23H,6-7,10,13,15H2,1-2H3,(H,22,24). The number of hydrogen-bond donors (Lipinski definition) is 2. The molecule has 0 radical (unpaired) electrons. The van der Waals surface area contributed by atoms with Gasteiger partial charge in [0.1, 0.15) is 12.4 Å². The van der Waals surface area contributed by atoms with E-state index in [1.807, 2.05) is 12.1 Å². The van der Waals surface area contributed by atoms with Crippen molar-refractivity contribution in [2.24, 2.45) is 0 Å². The molecular formula is C21H26N2O2. The zero-order chi connectivity index (χ0) is 17.7. The molecule has 1 unspecified atom stereocenters. The topological polar surface area (TPSA) is 50.4 Å². The number of carbonyl (C=O) groups is 1. The van der Waals surface area contributed by atoms with Crippen molar-refractivity contribution in [3.05, 3.63) is 59.7 Å². The Hall–Kier alpha value is -2.49. The molecule has 1 atom stereocenters. The maximum absolute atomic E-state index is 11.8. The van der Waals surface area contributed by atoms with E-state index in [2.05, 4.69) is 47.9 Å². The van der Waals surface area contributed by atoms with Crippen LogP contribution in [0.4, 0.5) is 5.69 Å². The maximum atomic E-state index is 11.8. The molecule has 0 spiro atoms. The predicted octanol–water partition coefficient (Wildman–Crippen LogP) is 4.02. The van der Waals surface area contributed by atoms with E-state index < -0.39 is 0 Å². The molecule has 25 heavy (non-hydrogen) atoms. The monoisotopic (exact) mass is 338 g/mol. The smallest absolute Gasteiger partial charge is 0.251 e. The molecule has 1 heterocycles. The highest BCUT2D eigenvalue weighted by Gasteiger charge is 2.30. The Kier molecular flexibility index (Phi) is 5.27. The van der Waals surface area contributed by atoms with Crippen LogP contribution in [0.1, 0.15) is 42.1 Å². The number of fused-ring (bicyclic) bond motifs is 1. The molecular weight excluding hydrogens is 312 g/mol. The summed E-state index contributed by atoms with van der Waals surface area (Å²) in [6.45, 7) is 2.83. The predicted molar refractivity (Wildman–Crippen MR) is 101 cm³/mol. The average molecular weight is 338 g/mol. The van der Waals surface area contributed by atoms with E-state index in [0.717, 1.165) is 37.1 Å². The summed E-state index contributed by atoms with van der Waals surface area (Å²) in [5.41, 5.74) is 2.83. The minimum absolute atomic E-state index is 0.0836. The SMILES string of the molecule is CNC(=O)c1ccc2c(c1)NC(C)(CCCCc1ccccc1)CO2. The molecule has 1 amide bonds. The number of unbranched alkanes of at least 4 members (excludes halogenated alkanes) is 1. The van der Waals surface area contributed by atoms with Crippen LogP contribution >= 0.6 is 0 Å². The number of anilines is 1. The zero-order valence-corrected chi connectivity index (χ0v) is 15.0. The van der Waals surface area contributed by atoms with Crippen molar-refractivity contribution in [3.63, 3.8) is 0 Å². The van der Waals surface area contributed by atoms with Gasteiger partial charge in [0.25, 0.3) is 5.91 Å². The third-order valence-corrected chi connectivity index (χ3v) is 4.74. The summed E-state index contributed by atoms with van der Waals surface area (Å²) >= 11 is 0. The Balaban J connectivity index is 1.57. The first-order valence-corrected chi connectivity index (χ1v) is 8.91. The molecule has 2 aromatic rings. The molecule has 132 valence electrons. The molecule has 0 fully saturated rings. The summed E-state index contributed by atoms with van der Waals surface area (Å²) in [4.78, 5) is 11.8. The van der Waals surface area contributed by atoms with Crippen LogP contribution < -0.4 is 15.4 Å². The second kappa shape index (κ2) is 7.60. The number of aryl methyl sites for hydroxylation is 1. The molecule has 1 aliphatic heterocycles. The number of hydrogen-bond acceptors (Lipinski definition) is 3. The van der Waals surface area contributed by atoms with Crippen molar-refractivity contribution in [2.75, 3.05) is 19.0 Å². The molecule has 0 saturated carbocycles. The second-order valence-electron chi connectivity index (χ2n) is 6.96. The fourth-order valence-electron chi connectivity index (χ4n) is 3.26. The summed E-state index contributed by atoms with van der Waals surface area (Å²) in [5, 5.41) is 6.25. The molecule has 2 N–H and O–H groups in total. The van der Waals surface area contributed by atoms with Gasteiger partial charge >= 0.3 is 0 Å². The summed E-state index contributed by atoms with van der Waals surface area (Å²) < 4.78 is 5.93. The highest BCUT2D eigenvalue weighted by atomic mass is 16.5. The quantitative estimate of drug-likeness (QED) is 0.782. The first-order valence-electron chi connectivity index (χ1n) is 8.91. The van der Waals surface area contributed by atoms with E-state index in [1.165, 1.54) is 5.56 Å². The van der Waals surface area contributed by atoms with Crippen molar-refractivity contribution in [1.29, 1.82) is 0 Å².